The molecule has 2 saturated heterocycles. The van der Waals surface area contributed by atoms with Crippen LogP contribution in [-0.2, 0) is 39.4 Å². The van der Waals surface area contributed by atoms with E-state index < -0.39 is 38.2 Å². The molecule has 2 amide bonds. The summed E-state index contributed by atoms with van der Waals surface area (Å²) < 4.78 is 83.9. The Labute approximate surface area is 577 Å². The summed E-state index contributed by atoms with van der Waals surface area (Å²) in [6.45, 7) is 11.8. The number of thioether (sulfide) groups is 1. The van der Waals surface area contributed by atoms with Crippen molar-refractivity contribution in [1.29, 1.82) is 0 Å². The summed E-state index contributed by atoms with van der Waals surface area (Å²) in [5.41, 5.74) is 3.18. The van der Waals surface area contributed by atoms with Crippen molar-refractivity contribution in [3.63, 3.8) is 0 Å². The van der Waals surface area contributed by atoms with Gasteiger partial charge in [0.15, 0.2) is 17.2 Å². The van der Waals surface area contributed by atoms with E-state index in [1.54, 1.807) is 32.4 Å². The number of azo groups is 2. The molecule has 98 heavy (non-hydrogen) atoms. The van der Waals surface area contributed by atoms with Crippen LogP contribution in [0.5, 0.6) is 11.5 Å². The van der Waals surface area contributed by atoms with Gasteiger partial charge in [-0.3, -0.25) is 18.7 Å². The standard InChI is InChI=1S/C63H71N17O13S5/c1-7-77(8-2)48-32-44(46(34-50(48)91-5)73-75-62-68-54(79-24-12-10-13-25-79)52(95-62)30-42(37(4)81)56(82)64-38-16-20-40(21-17-38)97(85,86)87)66-59-70-60-67-45-33-49(78(9-3)36-93-28-29-94-61(71-59)72-60)51(92-6)35-47(45)74-76-63-69-55-53(96-63)31-43(58(84)80(55)26-14-11-15-27-80)57(83)65-39-18-22-41(23-19-39)98(88,89)90/h16-23,30-35,57,65,83H,7-15,24-29,36H2,1-6H3,(H4-,64,66,67,68,69,70,71,72,75,76,81,82,84,85,86,87,88,89,90)/p+1. The summed E-state index contributed by atoms with van der Waals surface area (Å²) in [6.07, 6.45) is 6.70. The smallest absolute Gasteiger partial charge is 0.352 e. The number of quaternary nitrogens is 1. The van der Waals surface area contributed by atoms with Gasteiger partial charge in [0.05, 0.1) is 76.9 Å². The van der Waals surface area contributed by atoms with Crippen LogP contribution < -0.4 is 49.9 Å². The van der Waals surface area contributed by atoms with E-state index in [-0.39, 0.29) is 65.9 Å². The molecule has 11 rings (SSSR count). The van der Waals surface area contributed by atoms with Crippen molar-refractivity contribution in [3.8, 4) is 11.5 Å². The number of aromatic nitrogens is 5. The summed E-state index contributed by atoms with van der Waals surface area (Å²) in [6, 6.07) is 17.1. The Kier molecular flexibility index (Phi) is 21.9. The molecule has 0 aliphatic carbocycles. The Hall–Kier alpha value is -8.91. The lowest BCUT2D eigenvalue weighted by atomic mass is 9.99. The highest BCUT2D eigenvalue weighted by molar-refractivity contribution is 7.99. The normalized spacial score (nSPS) is 16.3. The Morgan fingerprint density at radius 1 is 0.796 bits per heavy atom. The molecule has 4 aliphatic rings. The molecule has 1 spiro atoms. The van der Waals surface area contributed by atoms with Crippen LogP contribution in [0.25, 0.3) is 12.2 Å². The molecule has 35 heteroatoms. The molecule has 30 nitrogen and oxygen atoms in total. The summed E-state index contributed by atoms with van der Waals surface area (Å²) >= 11 is 3.65. The van der Waals surface area contributed by atoms with Gasteiger partial charge in [0.25, 0.3) is 32.0 Å². The van der Waals surface area contributed by atoms with E-state index in [2.05, 4.69) is 36.2 Å². The quantitative estimate of drug-likeness (QED) is 0.00630. The second-order valence-corrected chi connectivity index (χ2v) is 28.7. The number of fused-ring (bicyclic) bond motifs is 6. The largest absolute Gasteiger partial charge is 0.494 e. The summed E-state index contributed by atoms with van der Waals surface area (Å²) in [5, 5.41) is 43.7. The zero-order valence-electron chi connectivity index (χ0n) is 54.3. The maximum atomic E-state index is 14.7. The first kappa shape index (κ1) is 70.4. The molecule has 0 saturated carbocycles. The number of Topliss-reactive ketones (excluding diaryl/α,β-unsaturated/α-hetero) is 1. The number of ether oxygens (including phenoxy) is 3. The number of hydrogen-bond acceptors (Lipinski definition) is 29. The molecule has 2 fully saturated rings. The number of amides is 2. The third-order valence-electron chi connectivity index (χ3n) is 16.6. The fourth-order valence-corrected chi connectivity index (χ4v) is 15.0. The number of aliphatic hydroxyl groups is 1. The Morgan fingerprint density at radius 2 is 1.44 bits per heavy atom. The maximum absolute atomic E-state index is 14.7. The minimum absolute atomic E-state index is 0.0791. The summed E-state index contributed by atoms with van der Waals surface area (Å²) in [7, 11) is -5.84. The predicted octanol–water partition coefficient (Wildman–Crippen LogP) is 11.8. The Morgan fingerprint density at radius 3 is 2.08 bits per heavy atom. The number of thiazole rings is 2. The lowest BCUT2D eigenvalue weighted by molar-refractivity contribution is -0.128. The number of rotatable bonds is 22. The van der Waals surface area contributed by atoms with Gasteiger partial charge in [0.2, 0.25) is 22.2 Å². The van der Waals surface area contributed by atoms with E-state index in [0.717, 1.165) is 67.7 Å². The number of nitrogens with zero attached hydrogens (tertiary/aromatic N) is 13. The van der Waals surface area contributed by atoms with Crippen LogP contribution in [0.3, 0.4) is 0 Å². The fourth-order valence-electron chi connectivity index (χ4n) is 11.6. The molecule has 4 aromatic carbocycles. The SMILES string of the molecule is CCN(CC)c1cc(Nc2nc3nc(n2)SCCOCN(CC)c2cc(c(N=Nc4nc5c(s4)C=C(C(O)Nc4ccc(S(=O)(=O)O)cc4)C(=O)[N+]54CCCCC4)cc2OC)N3)c(N=Nc2nc(N3CCCCC3)c(/C=C(/C(C)=O)C(=O)Nc3ccc(S(=O)(=O)O)cc3)s2)cc1OC. The van der Waals surface area contributed by atoms with Crippen molar-refractivity contribution >= 4 is 164 Å². The van der Waals surface area contributed by atoms with E-state index in [1.165, 1.54) is 72.5 Å². The number of methoxy groups -OCH3 is 2. The second-order valence-electron chi connectivity index (χ2n) is 22.8. The van der Waals surface area contributed by atoms with Crippen LogP contribution in [0, 0.1) is 0 Å². The average Bonchev–Trinajstić information content (AvgIpc) is 1.45. The molecular formula is C63H72N17O13S5+. The van der Waals surface area contributed by atoms with Gasteiger partial charge in [-0.25, -0.2) is 9.28 Å². The van der Waals surface area contributed by atoms with E-state index in [4.69, 9.17) is 54.5 Å². The Balaban J connectivity index is 0.942. The van der Waals surface area contributed by atoms with Gasteiger partial charge < -0.3 is 55.3 Å². The van der Waals surface area contributed by atoms with Gasteiger partial charge in [-0.2, -0.15) is 41.8 Å². The molecule has 3 aromatic heterocycles. The highest BCUT2D eigenvalue weighted by atomic mass is 32.2. The third kappa shape index (κ3) is 16.0. The maximum Gasteiger partial charge on any atom is 0.352 e. The van der Waals surface area contributed by atoms with Crippen molar-refractivity contribution in [2.75, 3.05) is 115 Å². The highest BCUT2D eigenvalue weighted by Crippen LogP contribution is 2.47. The first-order valence-corrected chi connectivity index (χ1v) is 36.9. The van der Waals surface area contributed by atoms with Crippen molar-refractivity contribution in [3.05, 3.63) is 93.7 Å². The topological polar surface area (TPSA) is 380 Å². The number of anilines is 9. The molecular weight excluding hydrogens is 1360 g/mol. The minimum atomic E-state index is -4.49. The van der Waals surface area contributed by atoms with Gasteiger partial charge >= 0.3 is 5.91 Å². The fraction of sp³-hybridized carbons (Fsp3) is 0.365. The molecule has 7 heterocycles. The molecule has 1 atom stereocenters. The number of ketones is 1. The van der Waals surface area contributed by atoms with Crippen LogP contribution in [-0.4, -0.2) is 159 Å². The number of hydrogen-bond donors (Lipinski definition) is 7. The molecule has 4 bridgehead atoms. The summed E-state index contributed by atoms with van der Waals surface area (Å²) in [5.74, 6) is 0.988. The number of nitrogens with one attached hydrogen (secondary N) is 4. The van der Waals surface area contributed by atoms with Gasteiger partial charge in [-0.15, -0.1) is 20.5 Å². The van der Waals surface area contributed by atoms with Gasteiger partial charge in [0, 0.05) is 62.0 Å². The predicted molar refractivity (Wildman–Crippen MR) is 377 cm³/mol. The molecule has 7 aromatic rings. The van der Waals surface area contributed by atoms with Crippen LogP contribution in [0.1, 0.15) is 76.0 Å². The van der Waals surface area contributed by atoms with Crippen LogP contribution in [0.15, 0.2) is 119 Å². The van der Waals surface area contributed by atoms with Crippen molar-refractivity contribution < 1.29 is 59.6 Å². The Bertz CT molecular complexity index is 4510. The van der Waals surface area contributed by atoms with Crippen LogP contribution in [0.2, 0.25) is 0 Å². The summed E-state index contributed by atoms with van der Waals surface area (Å²) in [4.78, 5) is 72.8. The number of aliphatic hydroxyl groups excluding tert-OH is 1. The first-order chi connectivity index (χ1) is 47.1. The van der Waals surface area contributed by atoms with Gasteiger partial charge in [-0.05, 0) is 139 Å². The molecule has 516 valence electrons. The molecule has 0 radical (unpaired) electrons. The third-order valence-corrected chi connectivity index (χ3v) is 20.9. The monoisotopic (exact) mass is 1430 g/mol. The van der Waals surface area contributed by atoms with Crippen LogP contribution >= 0.6 is 34.4 Å². The number of carbonyl (C=O) groups excluding carboxylic acids is 3. The highest BCUT2D eigenvalue weighted by Gasteiger charge is 2.50. The second kappa shape index (κ2) is 30.5. The zero-order chi connectivity index (χ0) is 69.5. The van der Waals surface area contributed by atoms with Gasteiger partial charge in [-0.1, -0.05) is 34.4 Å². The molecule has 4 aliphatic heterocycles. The average molecular weight is 1440 g/mol. The van der Waals surface area contributed by atoms with Crippen molar-refractivity contribution in [2.24, 2.45) is 20.5 Å². The number of carbonyl (C=O) groups is 3. The first-order valence-electron chi connectivity index (χ1n) is 31.4. The number of piperidine rings is 2. The van der Waals surface area contributed by atoms with Gasteiger partial charge in [0.1, 0.15) is 45.9 Å². The minimum Gasteiger partial charge on any atom is -0.494 e. The van der Waals surface area contributed by atoms with Crippen molar-refractivity contribution in [1.82, 2.24) is 29.4 Å². The number of benzene rings is 4. The lowest BCUT2D eigenvalue weighted by Gasteiger charge is -2.39. The zero-order valence-corrected chi connectivity index (χ0v) is 58.3. The van der Waals surface area contributed by atoms with E-state index in [9.17, 15) is 45.4 Å². The molecule has 7 N–H and O–H groups in total. The van der Waals surface area contributed by atoms with Crippen molar-refractivity contribution in [2.45, 2.75) is 87.4 Å². The van der Waals surface area contributed by atoms with Crippen LogP contribution in [0.4, 0.5) is 79.3 Å². The molecule has 1 unspecified atom stereocenters. The van der Waals surface area contributed by atoms with E-state index in [1.807, 2.05) is 37.8 Å². The van der Waals surface area contributed by atoms with E-state index >= 15 is 0 Å². The lowest BCUT2D eigenvalue weighted by Crippen LogP contribution is -2.60. The van der Waals surface area contributed by atoms with E-state index in [0.29, 0.717) is 130 Å².